The summed E-state index contributed by atoms with van der Waals surface area (Å²) < 4.78 is 11.4. The Hall–Kier alpha value is -8.19. The smallest absolute Gasteiger partial charge is 0.164 e. The van der Waals surface area contributed by atoms with Gasteiger partial charge >= 0.3 is 0 Å². The Balaban J connectivity index is 0.952. The van der Waals surface area contributed by atoms with Crippen LogP contribution in [-0.2, 0) is 0 Å². The average Bonchev–Trinajstić information content (AvgIpc) is 4.03. The summed E-state index contributed by atoms with van der Waals surface area (Å²) in [4.78, 5) is 15.6. The van der Waals surface area contributed by atoms with E-state index in [9.17, 15) is 0 Å². The van der Waals surface area contributed by atoms with E-state index in [0.717, 1.165) is 55.3 Å². The molecule has 0 fully saturated rings. The van der Waals surface area contributed by atoms with Gasteiger partial charge in [0.15, 0.2) is 17.5 Å². The third-order valence-electron chi connectivity index (χ3n) is 12.3. The zero-order valence-corrected chi connectivity index (χ0v) is 34.6. The maximum atomic E-state index is 6.67. The summed E-state index contributed by atoms with van der Waals surface area (Å²) in [6.07, 6.45) is 0. The maximum absolute atomic E-state index is 6.67. The Morgan fingerprint density at radius 2 is 0.968 bits per heavy atom. The van der Waals surface area contributed by atoms with Crippen molar-refractivity contribution in [3.05, 3.63) is 206 Å². The van der Waals surface area contributed by atoms with Gasteiger partial charge in [-0.3, -0.25) is 0 Å². The van der Waals surface area contributed by atoms with E-state index < -0.39 is 0 Å². The number of aromatic nitrogens is 4. The Morgan fingerprint density at radius 1 is 0.349 bits per heavy atom. The SMILES string of the molecule is c1ccc(-c2cccc(-c3cccc4sc5cc(-c6nc(-c7ccccc7)nc(-c7cccc8oc9cc(-n%10c%11ccccc%11c%11ccccc%11%10)ccc9c78)n6)ccc5c34)c2)cc1. The molecule has 0 aliphatic rings. The summed E-state index contributed by atoms with van der Waals surface area (Å²) >= 11 is 1.80. The van der Waals surface area contributed by atoms with Crippen LogP contribution in [0.2, 0.25) is 0 Å². The summed E-state index contributed by atoms with van der Waals surface area (Å²) in [6, 6.07) is 72.6. The molecule has 0 aliphatic heterocycles. The number of furan rings is 1. The summed E-state index contributed by atoms with van der Waals surface area (Å²) in [5, 5.41) is 6.90. The van der Waals surface area contributed by atoms with Gasteiger partial charge < -0.3 is 8.98 Å². The zero-order valence-electron chi connectivity index (χ0n) is 33.7. The molecule has 9 aromatic carbocycles. The second-order valence-electron chi connectivity index (χ2n) is 15.9. The Kier molecular flexibility index (Phi) is 8.01. The first-order valence-electron chi connectivity index (χ1n) is 21.1. The Labute approximate surface area is 365 Å². The lowest BCUT2D eigenvalue weighted by atomic mass is 9.96. The Bertz CT molecular complexity index is 3870. The van der Waals surface area contributed by atoms with Gasteiger partial charge in [-0.2, -0.15) is 0 Å². The van der Waals surface area contributed by atoms with Gasteiger partial charge in [0.25, 0.3) is 0 Å². The number of fused-ring (bicyclic) bond motifs is 9. The van der Waals surface area contributed by atoms with Gasteiger partial charge in [0, 0.05) is 70.2 Å². The molecule has 0 N–H and O–H groups in total. The molecule has 13 rings (SSSR count). The molecule has 13 aromatic rings. The first kappa shape index (κ1) is 35.6. The van der Waals surface area contributed by atoms with Crippen molar-refractivity contribution in [1.82, 2.24) is 19.5 Å². The molecule has 63 heavy (non-hydrogen) atoms. The molecule has 6 heteroatoms. The monoisotopic (exact) mass is 822 g/mol. The third kappa shape index (κ3) is 5.80. The van der Waals surface area contributed by atoms with Crippen molar-refractivity contribution in [3.8, 4) is 62.1 Å². The zero-order chi connectivity index (χ0) is 41.4. The van der Waals surface area contributed by atoms with Gasteiger partial charge in [0.2, 0.25) is 0 Å². The van der Waals surface area contributed by atoms with E-state index in [1.807, 2.05) is 30.3 Å². The molecule has 0 aliphatic carbocycles. The molecule has 0 spiro atoms. The van der Waals surface area contributed by atoms with E-state index in [0.29, 0.717) is 17.5 Å². The molecule has 4 aromatic heterocycles. The molecule has 0 amide bonds. The predicted molar refractivity (Wildman–Crippen MR) is 262 cm³/mol. The summed E-state index contributed by atoms with van der Waals surface area (Å²) in [5.41, 5.74) is 12.5. The largest absolute Gasteiger partial charge is 0.456 e. The highest BCUT2D eigenvalue weighted by atomic mass is 32.1. The van der Waals surface area contributed by atoms with Crippen molar-refractivity contribution in [1.29, 1.82) is 0 Å². The second-order valence-corrected chi connectivity index (χ2v) is 17.0. The van der Waals surface area contributed by atoms with Crippen molar-refractivity contribution < 1.29 is 4.42 Å². The minimum atomic E-state index is 0.593. The molecule has 0 saturated carbocycles. The highest BCUT2D eigenvalue weighted by Gasteiger charge is 2.20. The highest BCUT2D eigenvalue weighted by molar-refractivity contribution is 7.26. The summed E-state index contributed by atoms with van der Waals surface area (Å²) in [5.74, 6) is 1.83. The van der Waals surface area contributed by atoms with Crippen LogP contribution < -0.4 is 0 Å². The van der Waals surface area contributed by atoms with Gasteiger partial charge in [0.1, 0.15) is 11.2 Å². The molecule has 0 radical (unpaired) electrons. The fourth-order valence-electron chi connectivity index (χ4n) is 9.38. The van der Waals surface area contributed by atoms with Gasteiger partial charge in [-0.1, -0.05) is 152 Å². The molecular formula is C57H34N4OS. The van der Waals surface area contributed by atoms with Crippen LogP contribution in [0.15, 0.2) is 211 Å². The number of hydrogen-bond acceptors (Lipinski definition) is 5. The predicted octanol–water partition coefficient (Wildman–Crippen LogP) is 15.6. The van der Waals surface area contributed by atoms with E-state index >= 15 is 0 Å². The van der Waals surface area contributed by atoms with Gasteiger partial charge in [-0.15, -0.1) is 11.3 Å². The first-order valence-corrected chi connectivity index (χ1v) is 21.9. The molecule has 0 saturated heterocycles. The van der Waals surface area contributed by atoms with Crippen LogP contribution in [0, 0.1) is 0 Å². The van der Waals surface area contributed by atoms with Gasteiger partial charge in [-0.05, 0) is 70.8 Å². The minimum Gasteiger partial charge on any atom is -0.456 e. The van der Waals surface area contributed by atoms with Crippen LogP contribution >= 0.6 is 11.3 Å². The Morgan fingerprint density at radius 3 is 1.76 bits per heavy atom. The lowest BCUT2D eigenvalue weighted by Crippen LogP contribution is -2.00. The molecular weight excluding hydrogens is 789 g/mol. The number of rotatable bonds is 6. The second kappa shape index (κ2) is 14.2. The fourth-order valence-corrected chi connectivity index (χ4v) is 10.6. The number of hydrogen-bond donors (Lipinski definition) is 0. The van der Waals surface area contributed by atoms with Crippen LogP contribution in [0.1, 0.15) is 0 Å². The molecule has 0 atom stereocenters. The number of para-hydroxylation sites is 2. The van der Waals surface area contributed by atoms with Crippen LogP contribution in [0.3, 0.4) is 0 Å². The lowest BCUT2D eigenvalue weighted by molar-refractivity contribution is 0.668. The number of benzene rings is 9. The van der Waals surface area contributed by atoms with Crippen LogP contribution in [0.5, 0.6) is 0 Å². The van der Waals surface area contributed by atoms with Crippen LogP contribution in [-0.4, -0.2) is 19.5 Å². The topological polar surface area (TPSA) is 56.7 Å². The number of nitrogens with zero attached hydrogens (tertiary/aromatic N) is 4. The molecule has 0 bridgehead atoms. The van der Waals surface area contributed by atoms with Crippen molar-refractivity contribution in [2.75, 3.05) is 0 Å². The van der Waals surface area contributed by atoms with Crippen molar-refractivity contribution >= 4 is 75.3 Å². The minimum absolute atomic E-state index is 0.593. The van der Waals surface area contributed by atoms with Gasteiger partial charge in [-0.25, -0.2) is 15.0 Å². The third-order valence-corrected chi connectivity index (χ3v) is 13.4. The van der Waals surface area contributed by atoms with E-state index in [2.05, 4.69) is 180 Å². The van der Waals surface area contributed by atoms with Crippen LogP contribution in [0.25, 0.3) is 126 Å². The van der Waals surface area contributed by atoms with E-state index in [-0.39, 0.29) is 0 Å². The maximum Gasteiger partial charge on any atom is 0.164 e. The molecule has 294 valence electrons. The van der Waals surface area contributed by atoms with Crippen molar-refractivity contribution in [3.63, 3.8) is 0 Å². The van der Waals surface area contributed by atoms with Crippen molar-refractivity contribution in [2.24, 2.45) is 0 Å². The number of thiophene rings is 1. The van der Waals surface area contributed by atoms with Gasteiger partial charge in [0.05, 0.1) is 11.0 Å². The summed E-state index contributed by atoms with van der Waals surface area (Å²) in [6.45, 7) is 0. The van der Waals surface area contributed by atoms with E-state index in [1.165, 1.54) is 53.2 Å². The quantitative estimate of drug-likeness (QED) is 0.168. The average molecular weight is 823 g/mol. The van der Waals surface area contributed by atoms with Crippen LogP contribution in [0.4, 0.5) is 0 Å². The van der Waals surface area contributed by atoms with Crippen molar-refractivity contribution in [2.45, 2.75) is 0 Å². The fraction of sp³-hybridized carbons (Fsp3) is 0. The molecule has 4 heterocycles. The lowest BCUT2D eigenvalue weighted by Gasteiger charge is -2.10. The molecule has 5 nitrogen and oxygen atoms in total. The van der Waals surface area contributed by atoms with E-state index in [1.54, 1.807) is 11.3 Å². The first-order chi connectivity index (χ1) is 31.2. The van der Waals surface area contributed by atoms with E-state index in [4.69, 9.17) is 19.4 Å². The standard InChI is InChI=1S/C57H34N4OS/c1-3-14-35(15-4-1)37-18-11-19-38(32-37)41-22-13-27-51-54(41)45-30-28-39(33-52(45)63-51)56-58-55(36-16-5-2-6-17-36)59-57(60-56)46-23-12-26-49-53(46)44-31-29-40(34-50(44)62-49)61-47-24-9-7-20-42(47)43-21-8-10-25-48(43)61/h1-34H. The molecule has 0 unspecified atom stereocenters. The normalized spacial score (nSPS) is 11.8. The highest BCUT2D eigenvalue weighted by Crippen LogP contribution is 2.43. The summed E-state index contributed by atoms with van der Waals surface area (Å²) in [7, 11) is 0.